The zero-order chi connectivity index (χ0) is 18.8. The van der Waals surface area contributed by atoms with Crippen molar-refractivity contribution in [3.8, 4) is 0 Å². The van der Waals surface area contributed by atoms with Gasteiger partial charge in [-0.3, -0.25) is 4.90 Å². The highest BCUT2D eigenvalue weighted by Crippen LogP contribution is 2.34. The minimum absolute atomic E-state index is 0.271. The number of anilines is 1. The van der Waals surface area contributed by atoms with Crippen LogP contribution in [0.15, 0.2) is 6.07 Å². The summed E-state index contributed by atoms with van der Waals surface area (Å²) in [7, 11) is 0. The van der Waals surface area contributed by atoms with E-state index in [1.807, 2.05) is 0 Å². The van der Waals surface area contributed by atoms with Gasteiger partial charge in [0, 0.05) is 63.6 Å². The monoisotopic (exact) mass is 429 g/mol. The molecule has 0 unspecified atom stereocenters. The number of ether oxygens (including phenoxy) is 1. The molecule has 0 spiro atoms. The number of piperazine rings is 1. The lowest BCUT2D eigenvalue weighted by atomic mass is 10.3. The van der Waals surface area contributed by atoms with Gasteiger partial charge in [0.05, 0.1) is 23.4 Å². The Morgan fingerprint density at radius 2 is 1.96 bits per heavy atom. The maximum absolute atomic E-state index is 11.5. The van der Waals surface area contributed by atoms with Crippen LogP contribution in [-0.2, 0) is 15.5 Å². The molecule has 0 atom stereocenters. The number of rotatable bonds is 3. The van der Waals surface area contributed by atoms with Crippen molar-refractivity contribution in [2.24, 2.45) is 0 Å². The molecule has 146 valence electrons. The molecule has 4 rings (SSSR count). The summed E-state index contributed by atoms with van der Waals surface area (Å²) in [6.45, 7) is 6.66. The summed E-state index contributed by atoms with van der Waals surface area (Å²) in [5, 5.41) is 0.271. The highest BCUT2D eigenvalue weighted by Gasteiger charge is 2.23. The lowest BCUT2D eigenvalue weighted by molar-refractivity contribution is 0.113. The second-order valence-corrected chi connectivity index (χ2v) is 8.12. The van der Waals surface area contributed by atoms with Crippen LogP contribution in [0.1, 0.15) is 4.88 Å². The molecule has 0 bridgehead atoms. The molecule has 2 aliphatic rings. The number of hydrogen-bond donors (Lipinski definition) is 1. The molecule has 2 aromatic rings. The van der Waals surface area contributed by atoms with Crippen molar-refractivity contribution >= 4 is 58.0 Å². The van der Waals surface area contributed by atoms with Crippen LogP contribution in [0.25, 0.3) is 10.2 Å². The number of nitrogens with zero attached hydrogens (tertiary/aromatic N) is 5. The number of thiol groups is 1. The number of morpholine rings is 1. The number of hydrogen-bond acceptors (Lipinski definition) is 9. The molecule has 1 amide bonds. The predicted octanol–water partition coefficient (Wildman–Crippen LogP) is 2.28. The third kappa shape index (κ3) is 4.24. The van der Waals surface area contributed by atoms with Gasteiger partial charge in [-0.15, -0.1) is 11.3 Å². The first kappa shape index (κ1) is 19.0. The third-order valence-corrected chi connectivity index (χ3v) is 6.21. The number of halogens is 1. The molecule has 0 aromatic carbocycles. The van der Waals surface area contributed by atoms with Gasteiger partial charge in [0.25, 0.3) is 0 Å². The molecule has 4 heterocycles. The Balaban J connectivity index is 1.49. The summed E-state index contributed by atoms with van der Waals surface area (Å²) in [4.78, 5) is 27.8. The van der Waals surface area contributed by atoms with Crippen molar-refractivity contribution < 1.29 is 13.7 Å². The zero-order valence-corrected chi connectivity index (χ0v) is 17.1. The van der Waals surface area contributed by atoms with Crippen LogP contribution in [-0.4, -0.2) is 78.3 Å². The summed E-state index contributed by atoms with van der Waals surface area (Å²) >= 11 is 11.4. The second kappa shape index (κ2) is 8.36. The number of carbonyl (C=O) groups is 1. The van der Waals surface area contributed by atoms with Gasteiger partial charge in [0.1, 0.15) is 0 Å². The number of fused-ring (bicyclic) bond motifs is 1. The average molecular weight is 430 g/mol. The van der Waals surface area contributed by atoms with Crippen molar-refractivity contribution in [1.82, 2.24) is 19.8 Å². The quantitative estimate of drug-likeness (QED) is 0.456. The molecule has 0 N–H and O–H groups in total. The van der Waals surface area contributed by atoms with E-state index in [-0.39, 0.29) is 11.4 Å². The molecule has 2 aromatic heterocycles. The van der Waals surface area contributed by atoms with Crippen LogP contribution < -0.4 is 4.90 Å². The summed E-state index contributed by atoms with van der Waals surface area (Å²) < 4.78 is 11.0. The molecule has 0 saturated carbocycles. The van der Waals surface area contributed by atoms with Crippen LogP contribution in [0.3, 0.4) is 0 Å². The van der Waals surface area contributed by atoms with Gasteiger partial charge in [-0.2, -0.15) is 4.98 Å². The predicted molar refractivity (Wildman–Crippen MR) is 108 cm³/mol. The zero-order valence-electron chi connectivity index (χ0n) is 14.6. The van der Waals surface area contributed by atoms with Gasteiger partial charge >= 0.3 is 6.09 Å². The van der Waals surface area contributed by atoms with Crippen molar-refractivity contribution in [3.05, 3.63) is 16.2 Å². The maximum Gasteiger partial charge on any atom is 0.421 e. The molecule has 11 heteroatoms. The van der Waals surface area contributed by atoms with Gasteiger partial charge in [-0.05, 0) is 17.7 Å². The minimum Gasteiger partial charge on any atom is -0.378 e. The van der Waals surface area contributed by atoms with E-state index in [0.29, 0.717) is 26.3 Å². The standard InChI is InChI=1S/C16H20ClN5O3S2/c17-15-18-12-9-11(10-20-1-3-22(4-2-20)16(23)25-26)27-13(12)14(19-15)21-5-7-24-8-6-21/h9,26H,1-8,10H2. The van der Waals surface area contributed by atoms with Gasteiger partial charge in [0.15, 0.2) is 5.82 Å². The van der Waals surface area contributed by atoms with E-state index in [0.717, 1.165) is 48.8 Å². The Bertz CT molecular complexity index is 822. The van der Waals surface area contributed by atoms with Crippen LogP contribution in [0.5, 0.6) is 0 Å². The molecular weight excluding hydrogens is 410 g/mol. The molecule has 8 nitrogen and oxygen atoms in total. The van der Waals surface area contributed by atoms with Crippen molar-refractivity contribution in [1.29, 1.82) is 0 Å². The van der Waals surface area contributed by atoms with E-state index >= 15 is 0 Å². The molecule has 0 radical (unpaired) electrons. The fourth-order valence-corrected chi connectivity index (χ4v) is 4.81. The fraction of sp³-hybridized carbons (Fsp3) is 0.562. The van der Waals surface area contributed by atoms with Crippen LogP contribution in [0.2, 0.25) is 5.28 Å². The van der Waals surface area contributed by atoms with Gasteiger partial charge in [-0.1, -0.05) is 0 Å². The van der Waals surface area contributed by atoms with E-state index in [4.69, 9.17) is 16.3 Å². The van der Waals surface area contributed by atoms with E-state index in [9.17, 15) is 4.79 Å². The van der Waals surface area contributed by atoms with Crippen LogP contribution >= 0.6 is 35.8 Å². The summed E-state index contributed by atoms with van der Waals surface area (Å²) in [6, 6.07) is 2.09. The average Bonchev–Trinajstić information content (AvgIpc) is 3.10. The summed E-state index contributed by atoms with van der Waals surface area (Å²) in [6.07, 6.45) is -0.389. The van der Waals surface area contributed by atoms with Gasteiger partial charge in [0.2, 0.25) is 5.28 Å². The summed E-state index contributed by atoms with van der Waals surface area (Å²) in [5.41, 5.74) is 0.883. The smallest absolute Gasteiger partial charge is 0.378 e. The molecule has 2 aliphatic heterocycles. The maximum atomic E-state index is 11.5. The lowest BCUT2D eigenvalue weighted by Gasteiger charge is -2.33. The van der Waals surface area contributed by atoms with Crippen molar-refractivity contribution in [2.45, 2.75) is 6.54 Å². The molecule has 2 fully saturated rings. The third-order valence-electron chi connectivity index (χ3n) is 4.78. The molecule has 27 heavy (non-hydrogen) atoms. The fourth-order valence-electron chi connectivity index (χ4n) is 3.37. The number of amides is 1. The Kier molecular flexibility index (Phi) is 5.88. The SMILES string of the molecule is O=C(OS)N1CCN(Cc2cc3nc(Cl)nc(N4CCOCC4)c3s2)CC1. The number of aromatic nitrogens is 2. The normalized spacial score (nSPS) is 18.9. The largest absolute Gasteiger partial charge is 0.421 e. The van der Waals surface area contributed by atoms with Gasteiger partial charge < -0.3 is 18.7 Å². The van der Waals surface area contributed by atoms with Crippen molar-refractivity contribution in [2.75, 3.05) is 57.4 Å². The van der Waals surface area contributed by atoms with Gasteiger partial charge in [-0.25, -0.2) is 9.78 Å². The number of thiophene rings is 1. The lowest BCUT2D eigenvalue weighted by Crippen LogP contribution is -2.47. The number of carbonyl (C=O) groups excluding carboxylic acids is 1. The Morgan fingerprint density at radius 1 is 1.22 bits per heavy atom. The van der Waals surface area contributed by atoms with E-state index < -0.39 is 0 Å². The van der Waals surface area contributed by atoms with E-state index in [2.05, 4.69) is 42.9 Å². The topological polar surface area (TPSA) is 71.0 Å². The Morgan fingerprint density at radius 3 is 2.67 bits per heavy atom. The molecule has 2 saturated heterocycles. The van der Waals surface area contributed by atoms with E-state index in [1.54, 1.807) is 16.2 Å². The second-order valence-electron chi connectivity index (χ2n) is 6.46. The molecular formula is C16H20ClN5O3S2. The highest BCUT2D eigenvalue weighted by atomic mass is 35.5. The first-order valence-electron chi connectivity index (χ1n) is 8.75. The first-order chi connectivity index (χ1) is 13.1. The van der Waals surface area contributed by atoms with Crippen molar-refractivity contribution in [3.63, 3.8) is 0 Å². The van der Waals surface area contributed by atoms with E-state index in [1.165, 1.54) is 4.88 Å². The highest BCUT2D eigenvalue weighted by molar-refractivity contribution is 7.75. The Hall–Kier alpha value is -1.33. The minimum atomic E-state index is -0.389. The molecule has 0 aliphatic carbocycles. The first-order valence-corrected chi connectivity index (χ1v) is 10.3. The summed E-state index contributed by atoms with van der Waals surface area (Å²) in [5.74, 6) is 0.894. The van der Waals surface area contributed by atoms with Crippen LogP contribution in [0, 0.1) is 0 Å². The Labute approximate surface area is 171 Å². The van der Waals surface area contributed by atoms with Crippen LogP contribution in [0.4, 0.5) is 10.6 Å².